The number of carbonyl (C=O) groups is 1. The van der Waals surface area contributed by atoms with Crippen molar-refractivity contribution in [3.05, 3.63) is 42.0 Å². The summed E-state index contributed by atoms with van der Waals surface area (Å²) < 4.78 is 21.5. The Labute approximate surface area is 153 Å². The van der Waals surface area contributed by atoms with Gasteiger partial charge in [-0.3, -0.25) is 4.79 Å². The van der Waals surface area contributed by atoms with Crippen molar-refractivity contribution in [2.24, 2.45) is 0 Å². The van der Waals surface area contributed by atoms with Gasteiger partial charge in [0.05, 0.1) is 14.2 Å². The lowest BCUT2D eigenvalue weighted by Gasteiger charge is -2.18. The first-order chi connectivity index (χ1) is 12.7. The number of methoxy groups -OCH3 is 2. The molecule has 0 aliphatic carbocycles. The lowest BCUT2D eigenvalue weighted by Crippen LogP contribution is -2.15. The van der Waals surface area contributed by atoms with Crippen LogP contribution in [0.1, 0.15) is 18.4 Å². The molecule has 0 saturated heterocycles. The number of aryl methyl sites for hydroxylation is 1. The molecule has 1 N–H and O–H groups in total. The average molecular weight is 357 g/mol. The second-order valence-electron chi connectivity index (χ2n) is 5.95. The van der Waals surface area contributed by atoms with Crippen LogP contribution in [0.15, 0.2) is 36.4 Å². The van der Waals surface area contributed by atoms with Crippen molar-refractivity contribution in [2.75, 3.05) is 32.8 Å². The van der Waals surface area contributed by atoms with Gasteiger partial charge in [0.1, 0.15) is 13.2 Å². The van der Waals surface area contributed by atoms with Gasteiger partial charge < -0.3 is 24.3 Å². The van der Waals surface area contributed by atoms with Gasteiger partial charge in [0.15, 0.2) is 23.0 Å². The van der Waals surface area contributed by atoms with E-state index in [9.17, 15) is 4.79 Å². The molecule has 2 aromatic carbocycles. The van der Waals surface area contributed by atoms with Crippen molar-refractivity contribution in [1.82, 2.24) is 0 Å². The quantitative estimate of drug-likeness (QED) is 0.822. The van der Waals surface area contributed by atoms with E-state index in [1.165, 1.54) is 0 Å². The van der Waals surface area contributed by atoms with Gasteiger partial charge >= 0.3 is 0 Å². The molecule has 1 heterocycles. The molecule has 1 amide bonds. The maximum absolute atomic E-state index is 12.2. The van der Waals surface area contributed by atoms with Gasteiger partial charge in [0, 0.05) is 18.2 Å². The number of carbonyl (C=O) groups excluding carboxylic acids is 1. The standard InChI is InChI=1S/C20H23NO5/c1-23-16-9-7-15(13-18(16)24-2)21-20(22)5-3-4-14-6-8-17-19(12-14)26-11-10-25-17/h6-9,12-13H,3-5,10-11H2,1-2H3,(H,21,22). The molecule has 6 heteroatoms. The Morgan fingerprint density at radius 2 is 1.77 bits per heavy atom. The smallest absolute Gasteiger partial charge is 0.224 e. The molecule has 138 valence electrons. The molecule has 0 saturated carbocycles. The number of ether oxygens (including phenoxy) is 4. The number of hydrogen-bond acceptors (Lipinski definition) is 5. The van der Waals surface area contributed by atoms with E-state index in [4.69, 9.17) is 18.9 Å². The molecular weight excluding hydrogens is 334 g/mol. The van der Waals surface area contributed by atoms with Gasteiger partial charge in [-0.25, -0.2) is 0 Å². The van der Waals surface area contributed by atoms with Crippen molar-refractivity contribution in [3.8, 4) is 23.0 Å². The Kier molecular flexibility index (Phi) is 5.84. The monoisotopic (exact) mass is 357 g/mol. The SMILES string of the molecule is COc1ccc(NC(=O)CCCc2ccc3c(c2)OCCO3)cc1OC. The number of rotatable bonds is 7. The van der Waals surface area contributed by atoms with Crippen LogP contribution in [0, 0.1) is 0 Å². The molecule has 0 aromatic heterocycles. The van der Waals surface area contributed by atoms with E-state index < -0.39 is 0 Å². The largest absolute Gasteiger partial charge is 0.493 e. The summed E-state index contributed by atoms with van der Waals surface area (Å²) in [4.78, 5) is 12.2. The fraction of sp³-hybridized carbons (Fsp3) is 0.350. The molecule has 0 spiro atoms. The summed E-state index contributed by atoms with van der Waals surface area (Å²) in [5.74, 6) is 2.75. The van der Waals surface area contributed by atoms with Crippen LogP contribution in [-0.2, 0) is 11.2 Å². The van der Waals surface area contributed by atoms with E-state index in [0.717, 1.165) is 29.9 Å². The van der Waals surface area contributed by atoms with Gasteiger partial charge in [-0.05, 0) is 42.7 Å². The highest BCUT2D eigenvalue weighted by Crippen LogP contribution is 2.31. The van der Waals surface area contributed by atoms with Crippen LogP contribution < -0.4 is 24.3 Å². The van der Waals surface area contributed by atoms with Crippen LogP contribution in [0.4, 0.5) is 5.69 Å². The maximum atomic E-state index is 12.2. The van der Waals surface area contributed by atoms with Crippen molar-refractivity contribution < 1.29 is 23.7 Å². The zero-order valence-electron chi connectivity index (χ0n) is 15.0. The Hall–Kier alpha value is -2.89. The summed E-state index contributed by atoms with van der Waals surface area (Å²) in [5.41, 5.74) is 1.82. The third-order valence-corrected chi connectivity index (χ3v) is 4.14. The summed E-state index contributed by atoms with van der Waals surface area (Å²) >= 11 is 0. The summed E-state index contributed by atoms with van der Waals surface area (Å²) in [6.45, 7) is 1.16. The fourth-order valence-corrected chi connectivity index (χ4v) is 2.83. The minimum Gasteiger partial charge on any atom is -0.493 e. The van der Waals surface area contributed by atoms with Crippen molar-refractivity contribution in [3.63, 3.8) is 0 Å². The van der Waals surface area contributed by atoms with Crippen LogP contribution >= 0.6 is 0 Å². The molecule has 0 bridgehead atoms. The summed E-state index contributed by atoms with van der Waals surface area (Å²) in [6, 6.07) is 11.2. The zero-order valence-corrected chi connectivity index (χ0v) is 15.0. The number of benzene rings is 2. The minimum absolute atomic E-state index is 0.0326. The Morgan fingerprint density at radius 3 is 2.54 bits per heavy atom. The van der Waals surface area contributed by atoms with Crippen molar-refractivity contribution in [2.45, 2.75) is 19.3 Å². The van der Waals surface area contributed by atoms with Crippen LogP contribution in [-0.4, -0.2) is 33.3 Å². The average Bonchev–Trinajstić information content (AvgIpc) is 2.67. The number of anilines is 1. The van der Waals surface area contributed by atoms with Gasteiger partial charge in [-0.15, -0.1) is 0 Å². The lowest BCUT2D eigenvalue weighted by molar-refractivity contribution is -0.116. The Balaban J connectivity index is 1.50. The molecule has 2 aromatic rings. The fourth-order valence-electron chi connectivity index (χ4n) is 2.83. The highest BCUT2D eigenvalue weighted by molar-refractivity contribution is 5.91. The summed E-state index contributed by atoms with van der Waals surface area (Å²) in [6.07, 6.45) is 1.98. The van der Waals surface area contributed by atoms with Gasteiger partial charge in [-0.1, -0.05) is 6.07 Å². The van der Waals surface area contributed by atoms with E-state index in [-0.39, 0.29) is 5.91 Å². The lowest BCUT2D eigenvalue weighted by atomic mass is 10.1. The number of fused-ring (bicyclic) bond motifs is 1. The van der Waals surface area contributed by atoms with Crippen LogP contribution in [0.3, 0.4) is 0 Å². The number of nitrogens with one attached hydrogen (secondary N) is 1. The van der Waals surface area contributed by atoms with Crippen LogP contribution in [0.25, 0.3) is 0 Å². The zero-order chi connectivity index (χ0) is 18.4. The molecule has 0 fully saturated rings. The normalized spacial score (nSPS) is 12.4. The molecule has 1 aliphatic rings. The molecule has 1 aliphatic heterocycles. The summed E-state index contributed by atoms with van der Waals surface area (Å²) in [5, 5.41) is 2.88. The maximum Gasteiger partial charge on any atom is 0.224 e. The predicted octanol–water partition coefficient (Wildman–Crippen LogP) is 3.44. The molecule has 6 nitrogen and oxygen atoms in total. The van der Waals surface area contributed by atoms with Crippen LogP contribution in [0.2, 0.25) is 0 Å². The molecule has 3 rings (SSSR count). The Morgan fingerprint density at radius 1 is 1.00 bits per heavy atom. The van der Waals surface area contributed by atoms with Gasteiger partial charge in [-0.2, -0.15) is 0 Å². The van der Waals surface area contributed by atoms with E-state index >= 15 is 0 Å². The van der Waals surface area contributed by atoms with Crippen molar-refractivity contribution in [1.29, 1.82) is 0 Å². The van der Waals surface area contributed by atoms with E-state index in [1.807, 2.05) is 18.2 Å². The Bertz CT molecular complexity index is 775. The predicted molar refractivity (Wildman–Crippen MR) is 98.5 cm³/mol. The minimum atomic E-state index is -0.0326. The number of hydrogen-bond donors (Lipinski definition) is 1. The van der Waals surface area contributed by atoms with Crippen LogP contribution in [0.5, 0.6) is 23.0 Å². The number of amides is 1. The third-order valence-electron chi connectivity index (χ3n) is 4.14. The first kappa shape index (κ1) is 17.9. The van der Waals surface area contributed by atoms with Crippen molar-refractivity contribution >= 4 is 11.6 Å². The summed E-state index contributed by atoms with van der Waals surface area (Å²) in [7, 11) is 3.14. The van der Waals surface area contributed by atoms with Gasteiger partial charge in [0.25, 0.3) is 0 Å². The molecular formula is C20H23NO5. The van der Waals surface area contributed by atoms with E-state index in [2.05, 4.69) is 5.32 Å². The highest BCUT2D eigenvalue weighted by Gasteiger charge is 2.12. The second-order valence-corrected chi connectivity index (χ2v) is 5.95. The third kappa shape index (κ3) is 4.39. The van der Waals surface area contributed by atoms with E-state index in [0.29, 0.717) is 36.8 Å². The molecule has 26 heavy (non-hydrogen) atoms. The first-order valence-corrected chi connectivity index (χ1v) is 8.60. The van der Waals surface area contributed by atoms with Gasteiger partial charge in [0.2, 0.25) is 5.91 Å². The second kappa shape index (κ2) is 8.47. The molecule has 0 unspecified atom stereocenters. The van der Waals surface area contributed by atoms with E-state index in [1.54, 1.807) is 32.4 Å². The molecule has 0 radical (unpaired) electrons. The highest BCUT2D eigenvalue weighted by atomic mass is 16.6. The first-order valence-electron chi connectivity index (χ1n) is 8.60. The topological polar surface area (TPSA) is 66.0 Å². The molecule has 0 atom stereocenters.